The molecule has 7 nitrogen and oxygen atoms in total. The van der Waals surface area contributed by atoms with Gasteiger partial charge < -0.3 is 18.8 Å². The van der Waals surface area contributed by atoms with E-state index in [4.69, 9.17) is 13.9 Å². The molecule has 0 saturated carbocycles. The van der Waals surface area contributed by atoms with Gasteiger partial charge >= 0.3 is 0 Å². The summed E-state index contributed by atoms with van der Waals surface area (Å²) in [7, 11) is 0. The van der Waals surface area contributed by atoms with Crippen molar-refractivity contribution >= 4 is 17.7 Å². The zero-order valence-electron chi connectivity index (χ0n) is 20.1. The van der Waals surface area contributed by atoms with E-state index in [0.29, 0.717) is 63.0 Å². The molecule has 4 rings (SSSR count). The molecule has 0 radical (unpaired) electrons. The van der Waals surface area contributed by atoms with E-state index >= 15 is 0 Å². The van der Waals surface area contributed by atoms with Crippen LogP contribution < -0.4 is 14.9 Å². The van der Waals surface area contributed by atoms with E-state index in [1.165, 1.54) is 17.2 Å². The van der Waals surface area contributed by atoms with Gasteiger partial charge in [0, 0.05) is 37.1 Å². The van der Waals surface area contributed by atoms with Crippen molar-refractivity contribution in [3.05, 3.63) is 88.0 Å². The molecule has 8 heteroatoms. The van der Waals surface area contributed by atoms with Crippen LogP contribution in [0.1, 0.15) is 28.6 Å². The van der Waals surface area contributed by atoms with E-state index in [-0.39, 0.29) is 17.1 Å². The first-order valence-electron chi connectivity index (χ1n) is 11.7. The minimum atomic E-state index is -0.201. The molecule has 0 spiro atoms. The molecule has 2 aromatic carbocycles. The highest BCUT2D eigenvalue weighted by Crippen LogP contribution is 2.21. The van der Waals surface area contributed by atoms with Crippen LogP contribution in [0.4, 0.5) is 0 Å². The predicted octanol–water partition coefficient (Wildman–Crippen LogP) is 4.30. The minimum Gasteiger partial charge on any atom is -0.493 e. The van der Waals surface area contributed by atoms with Crippen LogP contribution in [0, 0.1) is 0 Å². The van der Waals surface area contributed by atoms with Crippen LogP contribution in [-0.4, -0.2) is 54.7 Å². The van der Waals surface area contributed by atoms with E-state index in [9.17, 15) is 9.59 Å². The van der Waals surface area contributed by atoms with Crippen molar-refractivity contribution in [2.75, 3.05) is 39.0 Å². The first-order chi connectivity index (χ1) is 17.1. The van der Waals surface area contributed by atoms with Gasteiger partial charge in [-0.1, -0.05) is 24.3 Å². The molecule has 0 atom stereocenters. The number of carbonyl (C=O) groups excluding carboxylic acids is 1. The summed E-state index contributed by atoms with van der Waals surface area (Å²) < 4.78 is 17.0. The number of thioether (sulfide) groups is 1. The molecule has 1 amide bonds. The lowest BCUT2D eigenvalue weighted by molar-refractivity contribution is 0.0615. The number of rotatable bonds is 9. The van der Waals surface area contributed by atoms with Gasteiger partial charge in [0.05, 0.1) is 18.7 Å². The lowest BCUT2D eigenvalue weighted by atomic mass is 10.1. The molecule has 1 aromatic heterocycles. The highest BCUT2D eigenvalue weighted by molar-refractivity contribution is 7.98. The van der Waals surface area contributed by atoms with Crippen LogP contribution in [0.3, 0.4) is 0 Å². The molecule has 0 unspecified atom stereocenters. The van der Waals surface area contributed by atoms with Crippen molar-refractivity contribution in [1.29, 1.82) is 0 Å². The first-order valence-corrected chi connectivity index (χ1v) is 12.9. The van der Waals surface area contributed by atoms with Crippen LogP contribution >= 0.6 is 11.8 Å². The van der Waals surface area contributed by atoms with Crippen LogP contribution in [0.5, 0.6) is 11.5 Å². The normalized spacial score (nSPS) is 14.1. The summed E-state index contributed by atoms with van der Waals surface area (Å²) in [6.07, 6.45) is 3.42. The van der Waals surface area contributed by atoms with Crippen LogP contribution in [0.25, 0.3) is 0 Å². The van der Waals surface area contributed by atoms with Gasteiger partial charge in [0.25, 0.3) is 5.91 Å². The van der Waals surface area contributed by atoms with Gasteiger partial charge in [-0.3, -0.25) is 14.5 Å². The molecule has 0 bridgehead atoms. The molecular formula is C27H30N2O5S. The predicted molar refractivity (Wildman–Crippen MR) is 136 cm³/mol. The van der Waals surface area contributed by atoms with Gasteiger partial charge in [0.2, 0.25) is 11.2 Å². The standard InChI is InChI=1S/C27H30N2O5S/c1-3-32-25-7-5-4-6-23(25)27(31)29-14-12-28(13-15-29)17-21-16-24(30)26(19-33-21)34-18-20-8-10-22(35-2)11-9-20/h4-11,16,19H,3,12-15,17-18H2,1-2H3. The molecule has 35 heavy (non-hydrogen) atoms. The van der Waals surface area contributed by atoms with E-state index in [1.54, 1.807) is 17.8 Å². The average Bonchev–Trinajstić information content (AvgIpc) is 2.89. The van der Waals surface area contributed by atoms with Crippen molar-refractivity contribution < 1.29 is 18.7 Å². The lowest BCUT2D eigenvalue weighted by Crippen LogP contribution is -2.48. The van der Waals surface area contributed by atoms with Gasteiger partial charge in [-0.05, 0) is 43.0 Å². The maximum Gasteiger partial charge on any atom is 0.257 e. The third-order valence-electron chi connectivity index (χ3n) is 5.86. The Morgan fingerprint density at radius 2 is 1.74 bits per heavy atom. The molecular weight excluding hydrogens is 464 g/mol. The zero-order valence-corrected chi connectivity index (χ0v) is 20.9. The summed E-state index contributed by atoms with van der Waals surface area (Å²) in [5, 5.41) is 0. The molecule has 0 aliphatic carbocycles. The number of carbonyl (C=O) groups is 1. The Hall–Kier alpha value is -3.23. The molecule has 0 N–H and O–H groups in total. The number of benzene rings is 2. The Morgan fingerprint density at radius 3 is 2.43 bits per heavy atom. The maximum absolute atomic E-state index is 13.0. The molecule has 3 aromatic rings. The number of hydrogen-bond acceptors (Lipinski definition) is 7. The molecule has 1 fully saturated rings. The summed E-state index contributed by atoms with van der Waals surface area (Å²) in [6.45, 7) is 5.80. The van der Waals surface area contributed by atoms with E-state index < -0.39 is 0 Å². The van der Waals surface area contributed by atoms with E-state index in [1.807, 2.05) is 60.5 Å². The van der Waals surface area contributed by atoms with Gasteiger partial charge in [-0.25, -0.2) is 0 Å². The second-order valence-corrected chi connectivity index (χ2v) is 9.09. The summed E-state index contributed by atoms with van der Waals surface area (Å²) in [4.78, 5) is 30.7. The number of hydrogen-bond donors (Lipinski definition) is 0. The van der Waals surface area contributed by atoms with Gasteiger partial charge in [0.15, 0.2) is 0 Å². The number of nitrogens with zero attached hydrogens (tertiary/aromatic N) is 2. The topological polar surface area (TPSA) is 72.2 Å². The molecule has 2 heterocycles. The fourth-order valence-corrected chi connectivity index (χ4v) is 4.34. The zero-order chi connectivity index (χ0) is 24.6. The van der Waals surface area contributed by atoms with Crippen molar-refractivity contribution in [3.8, 4) is 11.5 Å². The SMILES string of the molecule is CCOc1ccccc1C(=O)N1CCN(Cc2cc(=O)c(OCc3ccc(SC)cc3)co2)CC1. The molecule has 1 aliphatic heterocycles. The number of ether oxygens (including phenoxy) is 2. The fraction of sp³-hybridized carbons (Fsp3) is 0.333. The third kappa shape index (κ3) is 6.46. The molecule has 184 valence electrons. The minimum absolute atomic E-state index is 0.0233. The smallest absolute Gasteiger partial charge is 0.257 e. The highest BCUT2D eigenvalue weighted by atomic mass is 32.2. The second-order valence-electron chi connectivity index (χ2n) is 8.21. The van der Waals surface area contributed by atoms with E-state index in [0.717, 1.165) is 5.56 Å². The fourth-order valence-electron chi connectivity index (χ4n) is 3.93. The largest absolute Gasteiger partial charge is 0.493 e. The van der Waals surface area contributed by atoms with Crippen LogP contribution in [0.15, 0.2) is 75.0 Å². The Bertz CT molecular complexity index is 1190. The molecule has 1 aliphatic rings. The van der Waals surface area contributed by atoms with Crippen molar-refractivity contribution in [1.82, 2.24) is 9.80 Å². The number of piperazine rings is 1. The quantitative estimate of drug-likeness (QED) is 0.411. The molecule has 1 saturated heterocycles. The van der Waals surface area contributed by atoms with Crippen molar-refractivity contribution in [2.45, 2.75) is 25.0 Å². The first kappa shape index (κ1) is 24.9. The number of amides is 1. The summed E-state index contributed by atoms with van der Waals surface area (Å²) in [5.41, 5.74) is 1.38. The Kier molecular flexibility index (Phi) is 8.50. The second kappa shape index (κ2) is 12.0. The van der Waals surface area contributed by atoms with E-state index in [2.05, 4.69) is 4.90 Å². The maximum atomic E-state index is 13.0. The average molecular weight is 495 g/mol. The summed E-state index contributed by atoms with van der Waals surface area (Å²) in [5.74, 6) is 1.37. The monoisotopic (exact) mass is 494 g/mol. The lowest BCUT2D eigenvalue weighted by Gasteiger charge is -2.34. The van der Waals surface area contributed by atoms with Crippen LogP contribution in [-0.2, 0) is 13.2 Å². The van der Waals surface area contributed by atoms with Gasteiger partial charge in [0.1, 0.15) is 24.4 Å². The van der Waals surface area contributed by atoms with Gasteiger partial charge in [-0.15, -0.1) is 11.8 Å². The number of para-hydroxylation sites is 1. The summed E-state index contributed by atoms with van der Waals surface area (Å²) >= 11 is 1.68. The van der Waals surface area contributed by atoms with Gasteiger partial charge in [-0.2, -0.15) is 0 Å². The van der Waals surface area contributed by atoms with Crippen molar-refractivity contribution in [3.63, 3.8) is 0 Å². The third-order valence-corrected chi connectivity index (χ3v) is 6.61. The van der Waals surface area contributed by atoms with Crippen molar-refractivity contribution in [2.24, 2.45) is 0 Å². The highest BCUT2D eigenvalue weighted by Gasteiger charge is 2.24. The Morgan fingerprint density at radius 1 is 1.00 bits per heavy atom. The Labute approximate surface area is 209 Å². The van der Waals surface area contributed by atoms with Crippen LogP contribution in [0.2, 0.25) is 0 Å². The summed E-state index contributed by atoms with van der Waals surface area (Å²) in [6, 6.07) is 16.9. The Balaban J connectivity index is 1.29.